The normalized spacial score (nSPS) is 26.4. The summed E-state index contributed by atoms with van der Waals surface area (Å²) in [6.45, 7) is 6.97. The van der Waals surface area contributed by atoms with Crippen molar-refractivity contribution in [1.29, 1.82) is 0 Å². The monoisotopic (exact) mass is 517 g/mol. The number of alkyl carbamates (subject to hydrolysis) is 1. The number of nitrogens with one attached hydrogen (secondary N) is 1. The van der Waals surface area contributed by atoms with Crippen molar-refractivity contribution in [2.45, 2.75) is 44.1 Å². The third-order valence-corrected chi connectivity index (χ3v) is 7.16. The molecule has 0 aromatic carbocycles. The summed E-state index contributed by atoms with van der Waals surface area (Å²) in [6.07, 6.45) is 7.15. The summed E-state index contributed by atoms with van der Waals surface area (Å²) < 4.78 is 42.8. The molecule has 0 radical (unpaired) electrons. The van der Waals surface area contributed by atoms with Crippen molar-refractivity contribution in [2.24, 2.45) is 17.8 Å². The summed E-state index contributed by atoms with van der Waals surface area (Å²) >= 11 is 0. The number of ether oxygens (including phenoxy) is 8. The van der Waals surface area contributed by atoms with Crippen molar-refractivity contribution in [3.63, 3.8) is 0 Å². The zero-order valence-electron chi connectivity index (χ0n) is 22.0. The maximum absolute atomic E-state index is 12.3. The van der Waals surface area contributed by atoms with E-state index in [1.807, 2.05) is 0 Å². The Hall–Kier alpha value is -1.01. The molecule has 4 bridgehead atoms. The zero-order valence-corrected chi connectivity index (χ0v) is 22.0. The van der Waals surface area contributed by atoms with Crippen molar-refractivity contribution in [2.75, 3.05) is 99.6 Å². The van der Waals surface area contributed by atoms with Crippen LogP contribution >= 0.6 is 0 Å². The lowest BCUT2D eigenvalue weighted by Crippen LogP contribution is -2.59. The highest BCUT2D eigenvalue weighted by molar-refractivity contribution is 5.68. The van der Waals surface area contributed by atoms with Crippen LogP contribution in [-0.4, -0.2) is 111 Å². The lowest BCUT2D eigenvalue weighted by Gasteiger charge is -2.56. The molecular formula is C26H47NO9. The van der Waals surface area contributed by atoms with E-state index in [1.165, 1.54) is 19.3 Å². The molecule has 4 aliphatic carbocycles. The number of carbonyl (C=O) groups excluding carboxylic acids is 1. The maximum atomic E-state index is 12.3. The van der Waals surface area contributed by atoms with Gasteiger partial charge < -0.3 is 43.2 Å². The van der Waals surface area contributed by atoms with E-state index in [0.29, 0.717) is 85.9 Å². The van der Waals surface area contributed by atoms with Crippen LogP contribution in [0.2, 0.25) is 0 Å². The minimum absolute atomic E-state index is 0.0109. The number of hydrogen-bond acceptors (Lipinski definition) is 9. The molecule has 4 saturated carbocycles. The highest BCUT2D eigenvalue weighted by Crippen LogP contribution is 2.55. The number of methoxy groups -OCH3 is 1. The van der Waals surface area contributed by atoms with Crippen molar-refractivity contribution < 1.29 is 42.7 Å². The predicted octanol–water partition coefficient (Wildman–Crippen LogP) is 2.43. The van der Waals surface area contributed by atoms with E-state index in [9.17, 15) is 4.79 Å². The van der Waals surface area contributed by atoms with Gasteiger partial charge in [0.1, 0.15) is 6.61 Å². The van der Waals surface area contributed by atoms with Gasteiger partial charge in [-0.05, 0) is 56.3 Å². The fourth-order valence-electron chi connectivity index (χ4n) is 6.05. The second-order valence-corrected chi connectivity index (χ2v) is 10.1. The van der Waals surface area contributed by atoms with Crippen molar-refractivity contribution in [3.05, 3.63) is 0 Å². The van der Waals surface area contributed by atoms with Crippen LogP contribution in [0.4, 0.5) is 4.79 Å². The van der Waals surface area contributed by atoms with Crippen LogP contribution in [0.25, 0.3) is 0 Å². The summed E-state index contributed by atoms with van der Waals surface area (Å²) in [5, 5.41) is 3.21. The molecule has 4 fully saturated rings. The van der Waals surface area contributed by atoms with Gasteiger partial charge in [-0.25, -0.2) is 4.79 Å². The van der Waals surface area contributed by atoms with Crippen molar-refractivity contribution >= 4 is 6.09 Å². The Labute approximate surface area is 215 Å². The molecule has 4 aliphatic rings. The summed E-state index contributed by atoms with van der Waals surface area (Å²) in [6, 6.07) is 0. The molecule has 10 nitrogen and oxygen atoms in total. The molecule has 1 amide bonds. The molecule has 1 N–H and O–H groups in total. The lowest BCUT2D eigenvalue weighted by molar-refractivity contribution is -0.0248. The largest absolute Gasteiger partial charge is 0.447 e. The molecular weight excluding hydrogens is 470 g/mol. The van der Waals surface area contributed by atoms with E-state index >= 15 is 0 Å². The SMILES string of the molecule is COCCOCCOCCOCCOCCOCCOCCOC(=O)NC12CC3CC(CC(C3)C1)C2. The van der Waals surface area contributed by atoms with E-state index in [0.717, 1.165) is 37.0 Å². The van der Waals surface area contributed by atoms with E-state index in [1.54, 1.807) is 7.11 Å². The summed E-state index contributed by atoms with van der Waals surface area (Å²) in [4.78, 5) is 12.3. The summed E-state index contributed by atoms with van der Waals surface area (Å²) in [7, 11) is 1.65. The number of carbonyl (C=O) groups is 1. The second kappa shape index (κ2) is 17.5. The molecule has 36 heavy (non-hydrogen) atoms. The molecule has 210 valence electrons. The van der Waals surface area contributed by atoms with Gasteiger partial charge >= 0.3 is 6.09 Å². The highest BCUT2D eigenvalue weighted by atomic mass is 16.6. The second-order valence-electron chi connectivity index (χ2n) is 10.1. The molecule has 10 heteroatoms. The van der Waals surface area contributed by atoms with Crippen LogP contribution in [0.5, 0.6) is 0 Å². The van der Waals surface area contributed by atoms with Crippen LogP contribution in [0, 0.1) is 17.8 Å². The average Bonchev–Trinajstić information content (AvgIpc) is 2.84. The number of amides is 1. The minimum atomic E-state index is -0.297. The fraction of sp³-hybridized carbons (Fsp3) is 0.962. The molecule has 0 aromatic heterocycles. The number of hydrogen-bond donors (Lipinski definition) is 1. The summed E-state index contributed by atoms with van der Waals surface area (Å²) in [5.41, 5.74) is -0.0109. The van der Waals surface area contributed by atoms with E-state index in [4.69, 9.17) is 37.9 Å². The first-order valence-corrected chi connectivity index (χ1v) is 13.6. The standard InChI is InChI=1S/C26H47NO9/c1-29-2-3-30-4-5-31-6-7-32-8-9-33-10-11-34-12-13-35-14-15-36-25(28)27-26-19-22-16-23(20-26)18-24(17-22)21-26/h22-24H,2-21H2,1H3,(H,27,28). The Morgan fingerprint density at radius 3 is 1.28 bits per heavy atom. The third kappa shape index (κ3) is 11.6. The Balaban J connectivity index is 1.01. The van der Waals surface area contributed by atoms with Gasteiger partial charge in [0.05, 0.1) is 85.9 Å². The molecule has 0 spiro atoms. The van der Waals surface area contributed by atoms with Gasteiger partial charge in [-0.1, -0.05) is 0 Å². The molecule has 4 rings (SSSR count). The Morgan fingerprint density at radius 2 is 0.917 bits per heavy atom. The van der Waals surface area contributed by atoms with Gasteiger partial charge in [0.2, 0.25) is 0 Å². The van der Waals surface area contributed by atoms with E-state index in [-0.39, 0.29) is 18.2 Å². The van der Waals surface area contributed by atoms with Gasteiger partial charge in [-0.15, -0.1) is 0 Å². The average molecular weight is 518 g/mol. The first-order chi connectivity index (χ1) is 17.7. The van der Waals surface area contributed by atoms with Crippen LogP contribution in [-0.2, 0) is 37.9 Å². The summed E-state index contributed by atoms with van der Waals surface area (Å²) in [5.74, 6) is 2.39. The predicted molar refractivity (Wildman–Crippen MR) is 132 cm³/mol. The molecule has 0 atom stereocenters. The first kappa shape index (κ1) is 29.5. The lowest BCUT2D eigenvalue weighted by atomic mass is 9.53. The zero-order chi connectivity index (χ0) is 25.3. The topological polar surface area (TPSA) is 103 Å². The number of rotatable bonds is 22. The third-order valence-electron chi connectivity index (χ3n) is 7.16. The Morgan fingerprint density at radius 1 is 0.583 bits per heavy atom. The molecule has 0 aliphatic heterocycles. The van der Waals surface area contributed by atoms with Crippen LogP contribution in [0.1, 0.15) is 38.5 Å². The van der Waals surface area contributed by atoms with Gasteiger partial charge in [-0.2, -0.15) is 0 Å². The molecule has 0 heterocycles. The molecule has 0 unspecified atom stereocenters. The smallest absolute Gasteiger partial charge is 0.407 e. The highest BCUT2D eigenvalue weighted by Gasteiger charge is 2.51. The van der Waals surface area contributed by atoms with E-state index in [2.05, 4.69) is 5.32 Å². The van der Waals surface area contributed by atoms with Crippen LogP contribution in [0.3, 0.4) is 0 Å². The van der Waals surface area contributed by atoms with Gasteiger partial charge in [0, 0.05) is 12.6 Å². The Kier molecular flexibility index (Phi) is 14.4. The van der Waals surface area contributed by atoms with Crippen molar-refractivity contribution in [3.8, 4) is 0 Å². The van der Waals surface area contributed by atoms with Crippen LogP contribution in [0.15, 0.2) is 0 Å². The Bertz CT molecular complexity index is 556. The van der Waals surface area contributed by atoms with Gasteiger partial charge in [-0.3, -0.25) is 0 Å². The van der Waals surface area contributed by atoms with Crippen molar-refractivity contribution in [1.82, 2.24) is 5.32 Å². The minimum Gasteiger partial charge on any atom is -0.447 e. The van der Waals surface area contributed by atoms with E-state index < -0.39 is 0 Å². The molecule has 0 saturated heterocycles. The quantitative estimate of drug-likeness (QED) is 0.217. The fourth-order valence-corrected chi connectivity index (χ4v) is 6.05. The molecule has 0 aromatic rings. The first-order valence-electron chi connectivity index (χ1n) is 13.6. The van der Waals surface area contributed by atoms with Gasteiger partial charge in [0.15, 0.2) is 0 Å². The van der Waals surface area contributed by atoms with Gasteiger partial charge in [0.25, 0.3) is 0 Å². The maximum Gasteiger partial charge on any atom is 0.407 e. The van der Waals surface area contributed by atoms with Crippen LogP contribution < -0.4 is 5.32 Å².